The van der Waals surface area contributed by atoms with E-state index >= 15 is 0 Å². The quantitative estimate of drug-likeness (QED) is 0.404. The van der Waals surface area contributed by atoms with Crippen molar-refractivity contribution in [2.75, 3.05) is 6.61 Å². The Morgan fingerprint density at radius 3 is 2.69 bits per heavy atom. The molecule has 0 atom stereocenters. The summed E-state index contributed by atoms with van der Waals surface area (Å²) < 4.78 is 4.89. The van der Waals surface area contributed by atoms with Crippen molar-refractivity contribution in [1.29, 1.82) is 0 Å². The molecule has 1 aliphatic carbocycles. The lowest BCUT2D eigenvalue weighted by Crippen LogP contribution is -2.27. The van der Waals surface area contributed by atoms with Crippen LogP contribution in [0.15, 0.2) is 48.1 Å². The summed E-state index contributed by atoms with van der Waals surface area (Å²) in [6.07, 6.45) is 8.76. The molecule has 0 radical (unpaired) electrons. The first-order valence-electron chi connectivity index (χ1n) is 9.12. The number of fused-ring (bicyclic) bond motifs is 1. The highest BCUT2D eigenvalue weighted by molar-refractivity contribution is 6.00. The van der Waals surface area contributed by atoms with Gasteiger partial charge in [-0.05, 0) is 60.9 Å². The molecule has 0 aromatic heterocycles. The number of rotatable bonds is 5. The molecule has 0 unspecified atom stereocenters. The van der Waals surface area contributed by atoms with Crippen molar-refractivity contribution >= 4 is 17.3 Å². The van der Waals surface area contributed by atoms with Crippen LogP contribution in [0.2, 0.25) is 0 Å². The maximum Gasteiger partial charge on any atom is 0.330 e. The van der Waals surface area contributed by atoms with Crippen LogP contribution in [0.25, 0.3) is 5.57 Å². The molecule has 0 fully saturated rings. The van der Waals surface area contributed by atoms with Crippen LogP contribution in [-0.4, -0.2) is 18.4 Å². The number of carbonyl (C=O) groups excluding carboxylic acids is 2. The molecule has 1 aromatic carbocycles. The average molecular weight is 352 g/mol. The van der Waals surface area contributed by atoms with Gasteiger partial charge in [0, 0.05) is 18.1 Å². The van der Waals surface area contributed by atoms with Crippen molar-refractivity contribution in [3.63, 3.8) is 0 Å². The van der Waals surface area contributed by atoms with Gasteiger partial charge in [-0.1, -0.05) is 44.2 Å². The Labute approximate surface area is 156 Å². The molecule has 26 heavy (non-hydrogen) atoms. The van der Waals surface area contributed by atoms with Gasteiger partial charge in [0.05, 0.1) is 6.61 Å². The van der Waals surface area contributed by atoms with Gasteiger partial charge in [-0.3, -0.25) is 4.79 Å². The standard InChI is InChI=1S/C23H28O3/c1-6-26-22(25)14-16(2)8-7-9-17(3)18-10-11-20-19(15-18)21(24)12-13-23(20,4)5/h7-11,14-15H,6,12-13H2,1-5H3. The van der Waals surface area contributed by atoms with Crippen LogP contribution in [0, 0.1) is 0 Å². The van der Waals surface area contributed by atoms with Gasteiger partial charge in [-0.25, -0.2) is 4.79 Å². The molecular formula is C23H28O3. The maximum absolute atomic E-state index is 12.3. The summed E-state index contributed by atoms with van der Waals surface area (Å²) in [5, 5.41) is 0. The molecule has 3 nitrogen and oxygen atoms in total. The van der Waals surface area contributed by atoms with E-state index in [9.17, 15) is 9.59 Å². The summed E-state index contributed by atoms with van der Waals surface area (Å²) >= 11 is 0. The van der Waals surface area contributed by atoms with Crippen LogP contribution < -0.4 is 0 Å². The fourth-order valence-electron chi connectivity index (χ4n) is 3.16. The summed E-state index contributed by atoms with van der Waals surface area (Å²) in [5.74, 6) is -0.0936. The average Bonchev–Trinajstić information content (AvgIpc) is 2.58. The minimum Gasteiger partial charge on any atom is -0.463 e. The van der Waals surface area contributed by atoms with E-state index in [-0.39, 0.29) is 17.2 Å². The second-order valence-electron chi connectivity index (χ2n) is 7.42. The van der Waals surface area contributed by atoms with Crippen molar-refractivity contribution in [2.45, 2.75) is 52.9 Å². The second-order valence-corrected chi connectivity index (χ2v) is 7.42. The van der Waals surface area contributed by atoms with E-state index in [1.807, 2.05) is 38.1 Å². The Bertz CT molecular complexity index is 792. The van der Waals surface area contributed by atoms with Crippen molar-refractivity contribution in [3.8, 4) is 0 Å². The molecule has 0 aliphatic heterocycles. The highest BCUT2D eigenvalue weighted by Crippen LogP contribution is 2.37. The van der Waals surface area contributed by atoms with Crippen LogP contribution in [0.1, 0.15) is 68.9 Å². The van der Waals surface area contributed by atoms with E-state index in [0.717, 1.165) is 34.3 Å². The van der Waals surface area contributed by atoms with Crippen molar-refractivity contribution in [3.05, 3.63) is 64.8 Å². The molecule has 3 heteroatoms. The van der Waals surface area contributed by atoms with Crippen molar-refractivity contribution in [2.24, 2.45) is 0 Å². The van der Waals surface area contributed by atoms with E-state index in [2.05, 4.69) is 26.0 Å². The molecule has 1 aliphatic rings. The van der Waals surface area contributed by atoms with Gasteiger partial charge < -0.3 is 4.74 Å². The van der Waals surface area contributed by atoms with Crippen LogP contribution >= 0.6 is 0 Å². The lowest BCUT2D eigenvalue weighted by molar-refractivity contribution is -0.137. The Balaban J connectivity index is 2.20. The first kappa shape index (κ1) is 19.9. The monoisotopic (exact) mass is 352 g/mol. The Hall–Kier alpha value is -2.42. The lowest BCUT2D eigenvalue weighted by Gasteiger charge is -2.32. The summed E-state index contributed by atoms with van der Waals surface area (Å²) in [5.41, 5.74) is 5.00. The molecule has 0 N–H and O–H groups in total. The fourth-order valence-corrected chi connectivity index (χ4v) is 3.16. The number of ketones is 1. The Morgan fingerprint density at radius 2 is 2.00 bits per heavy atom. The highest BCUT2D eigenvalue weighted by atomic mass is 16.5. The second kappa shape index (κ2) is 8.31. The molecule has 0 saturated heterocycles. The zero-order chi connectivity index (χ0) is 19.3. The predicted octanol–water partition coefficient (Wildman–Crippen LogP) is 5.41. The third kappa shape index (κ3) is 4.81. The first-order valence-corrected chi connectivity index (χ1v) is 9.12. The van der Waals surface area contributed by atoms with Crippen LogP contribution in [0.5, 0.6) is 0 Å². The van der Waals surface area contributed by atoms with Gasteiger partial charge in [-0.15, -0.1) is 0 Å². The minimum atomic E-state index is -0.328. The molecule has 0 heterocycles. The third-order valence-electron chi connectivity index (χ3n) is 4.82. The molecule has 138 valence electrons. The van der Waals surface area contributed by atoms with E-state index in [1.165, 1.54) is 6.08 Å². The molecule has 1 aromatic rings. The zero-order valence-electron chi connectivity index (χ0n) is 16.4. The fraction of sp³-hybridized carbons (Fsp3) is 0.391. The van der Waals surface area contributed by atoms with Gasteiger partial charge in [0.2, 0.25) is 0 Å². The summed E-state index contributed by atoms with van der Waals surface area (Å²) in [6.45, 7) is 10.4. The molecule has 0 bridgehead atoms. The van der Waals surface area contributed by atoms with Gasteiger partial charge in [0.25, 0.3) is 0 Å². The van der Waals surface area contributed by atoms with Gasteiger partial charge >= 0.3 is 5.97 Å². The van der Waals surface area contributed by atoms with Crippen LogP contribution in [0.4, 0.5) is 0 Å². The minimum absolute atomic E-state index is 0.0499. The number of hydrogen-bond donors (Lipinski definition) is 0. The number of Topliss-reactive ketones (excluding diaryl/α,β-unsaturated/α-hetero) is 1. The van der Waals surface area contributed by atoms with E-state index < -0.39 is 0 Å². The first-order chi connectivity index (χ1) is 12.2. The SMILES string of the molecule is CCOC(=O)C=C(C)C=CC=C(C)c1ccc2c(c1)C(=O)CCC2(C)C. The maximum atomic E-state index is 12.3. The van der Waals surface area contributed by atoms with Crippen molar-refractivity contribution < 1.29 is 14.3 Å². The molecule has 0 spiro atoms. The van der Waals surface area contributed by atoms with Crippen molar-refractivity contribution in [1.82, 2.24) is 0 Å². The molecular weight excluding hydrogens is 324 g/mol. The topological polar surface area (TPSA) is 43.4 Å². The summed E-state index contributed by atoms with van der Waals surface area (Å²) in [6, 6.07) is 6.19. The molecule has 0 saturated carbocycles. The zero-order valence-corrected chi connectivity index (χ0v) is 16.4. The number of benzene rings is 1. The van der Waals surface area contributed by atoms with Gasteiger partial charge in [-0.2, -0.15) is 0 Å². The number of carbonyl (C=O) groups is 2. The predicted molar refractivity (Wildman–Crippen MR) is 106 cm³/mol. The largest absolute Gasteiger partial charge is 0.463 e. The number of hydrogen-bond acceptors (Lipinski definition) is 3. The Morgan fingerprint density at radius 1 is 1.27 bits per heavy atom. The van der Waals surface area contributed by atoms with E-state index in [1.54, 1.807) is 6.92 Å². The van der Waals surface area contributed by atoms with E-state index in [0.29, 0.717) is 13.0 Å². The van der Waals surface area contributed by atoms with Crippen LogP contribution in [-0.2, 0) is 14.9 Å². The smallest absolute Gasteiger partial charge is 0.330 e. The van der Waals surface area contributed by atoms with Crippen LogP contribution in [0.3, 0.4) is 0 Å². The highest BCUT2D eigenvalue weighted by Gasteiger charge is 2.31. The van der Waals surface area contributed by atoms with Gasteiger partial charge in [0.1, 0.15) is 0 Å². The number of ether oxygens (including phenoxy) is 1. The number of esters is 1. The summed E-state index contributed by atoms with van der Waals surface area (Å²) in [7, 11) is 0. The van der Waals surface area contributed by atoms with E-state index in [4.69, 9.17) is 4.74 Å². The third-order valence-corrected chi connectivity index (χ3v) is 4.82. The molecule has 0 amide bonds. The number of allylic oxidation sites excluding steroid dienone is 5. The normalized spacial score (nSPS) is 17.3. The Kier molecular flexibility index (Phi) is 6.36. The summed E-state index contributed by atoms with van der Waals surface area (Å²) in [4.78, 5) is 23.7. The van der Waals surface area contributed by atoms with Gasteiger partial charge in [0.15, 0.2) is 5.78 Å². The molecule has 2 rings (SSSR count). The lowest BCUT2D eigenvalue weighted by atomic mass is 9.72.